The largest absolute Gasteiger partial charge is 0.454 e. The van der Waals surface area contributed by atoms with Gasteiger partial charge in [-0.05, 0) is 41.8 Å². The fourth-order valence-corrected chi connectivity index (χ4v) is 3.94. The zero-order chi connectivity index (χ0) is 24.4. The summed E-state index contributed by atoms with van der Waals surface area (Å²) in [6, 6.07) is 16.4. The number of pyridine rings is 1. The van der Waals surface area contributed by atoms with Crippen LogP contribution in [-0.2, 0) is 4.74 Å². The number of aliphatic hydroxyl groups is 1. The molecule has 3 N–H and O–H groups in total. The third kappa shape index (κ3) is 4.49. The predicted octanol–water partition coefficient (Wildman–Crippen LogP) is 4.59. The lowest BCUT2D eigenvalue weighted by molar-refractivity contribution is 0.0420. The number of hydrogen-bond acceptors (Lipinski definition) is 9. The smallest absolute Gasteiger partial charge is 0.339 e. The number of esters is 1. The Morgan fingerprint density at radius 1 is 1.11 bits per heavy atom. The van der Waals surface area contributed by atoms with Crippen molar-refractivity contribution in [2.24, 2.45) is 0 Å². The molecule has 9 heteroatoms. The average Bonchev–Trinajstić information content (AvgIpc) is 3.41. The van der Waals surface area contributed by atoms with Gasteiger partial charge in [0.2, 0.25) is 6.39 Å². The van der Waals surface area contributed by atoms with Gasteiger partial charge >= 0.3 is 5.97 Å². The fourth-order valence-electron chi connectivity index (χ4n) is 3.94. The molecule has 5 rings (SSSR count). The van der Waals surface area contributed by atoms with Crippen molar-refractivity contribution < 1.29 is 19.1 Å². The van der Waals surface area contributed by atoms with Crippen molar-refractivity contribution in [2.75, 3.05) is 17.2 Å². The molecule has 0 spiro atoms. The van der Waals surface area contributed by atoms with Crippen LogP contribution >= 0.6 is 0 Å². The Kier molecular flexibility index (Phi) is 5.99. The van der Waals surface area contributed by atoms with Crippen LogP contribution in [0.1, 0.15) is 34.5 Å². The van der Waals surface area contributed by atoms with Crippen molar-refractivity contribution in [3.8, 4) is 11.5 Å². The standard InChI is InChI=1S/C26H23N5O4/c1-15-16(2)35-26(33)19-9-8-18(10-20(15)19)29-24-11-22(21(12-27-24)25-31-28-14-34-25)30-23(13-32)17-6-4-3-5-7-17/h3-12,14,16,23,32H,1,13H2,2H3,(H2,27,29,30)/t16?,23-/m1/s1. The minimum absolute atomic E-state index is 0.125. The Morgan fingerprint density at radius 2 is 1.94 bits per heavy atom. The number of ether oxygens (including phenoxy) is 1. The molecule has 2 atom stereocenters. The van der Waals surface area contributed by atoms with Crippen LogP contribution in [0.25, 0.3) is 17.0 Å². The Morgan fingerprint density at radius 3 is 2.69 bits per heavy atom. The number of carbonyl (C=O) groups excluding carboxylic acids is 1. The summed E-state index contributed by atoms with van der Waals surface area (Å²) in [7, 11) is 0. The molecule has 1 aliphatic rings. The number of benzene rings is 2. The highest BCUT2D eigenvalue weighted by atomic mass is 16.5. The van der Waals surface area contributed by atoms with E-state index >= 15 is 0 Å². The van der Waals surface area contributed by atoms with Gasteiger partial charge in [0.15, 0.2) is 0 Å². The van der Waals surface area contributed by atoms with Crippen molar-refractivity contribution in [3.05, 3.63) is 90.5 Å². The quantitative estimate of drug-likeness (QED) is 0.333. The van der Waals surface area contributed by atoms with Gasteiger partial charge in [-0.15, -0.1) is 10.2 Å². The van der Waals surface area contributed by atoms with Crippen molar-refractivity contribution in [2.45, 2.75) is 19.1 Å². The van der Waals surface area contributed by atoms with E-state index in [2.05, 4.69) is 32.4 Å². The van der Waals surface area contributed by atoms with Gasteiger partial charge in [-0.1, -0.05) is 36.9 Å². The van der Waals surface area contributed by atoms with Crippen LogP contribution in [0.5, 0.6) is 0 Å². The summed E-state index contributed by atoms with van der Waals surface area (Å²) in [5.41, 5.74) is 4.86. The van der Waals surface area contributed by atoms with Gasteiger partial charge in [0.25, 0.3) is 5.89 Å². The minimum Gasteiger partial charge on any atom is -0.454 e. The van der Waals surface area contributed by atoms with E-state index in [1.54, 1.807) is 31.3 Å². The number of aromatic nitrogens is 3. The molecule has 9 nitrogen and oxygen atoms in total. The Bertz CT molecular complexity index is 1370. The van der Waals surface area contributed by atoms with Crippen LogP contribution in [0, 0.1) is 0 Å². The van der Waals surface area contributed by atoms with Crippen LogP contribution in [0.2, 0.25) is 0 Å². The van der Waals surface area contributed by atoms with Gasteiger partial charge in [-0.3, -0.25) is 0 Å². The van der Waals surface area contributed by atoms with E-state index in [9.17, 15) is 9.90 Å². The van der Waals surface area contributed by atoms with Gasteiger partial charge in [0.05, 0.1) is 29.5 Å². The number of nitrogens with one attached hydrogen (secondary N) is 2. The van der Waals surface area contributed by atoms with Crippen LogP contribution < -0.4 is 10.6 Å². The second kappa shape index (κ2) is 9.40. The number of nitrogens with zero attached hydrogens (tertiary/aromatic N) is 3. The summed E-state index contributed by atoms with van der Waals surface area (Å²) in [5.74, 6) is 0.474. The third-order valence-corrected chi connectivity index (χ3v) is 5.84. The molecule has 35 heavy (non-hydrogen) atoms. The highest BCUT2D eigenvalue weighted by Gasteiger charge is 2.27. The molecule has 176 valence electrons. The first kappa shape index (κ1) is 22.3. The second-order valence-corrected chi connectivity index (χ2v) is 8.11. The first-order valence-electron chi connectivity index (χ1n) is 11.0. The van der Waals surface area contributed by atoms with Crippen molar-refractivity contribution >= 4 is 28.7 Å². The summed E-state index contributed by atoms with van der Waals surface area (Å²) in [5, 5.41) is 24.5. The van der Waals surface area contributed by atoms with Gasteiger partial charge < -0.3 is 24.9 Å². The van der Waals surface area contributed by atoms with E-state index in [0.29, 0.717) is 28.5 Å². The predicted molar refractivity (Wildman–Crippen MR) is 131 cm³/mol. The highest BCUT2D eigenvalue weighted by molar-refractivity contribution is 5.99. The number of anilines is 3. The molecule has 0 amide bonds. The van der Waals surface area contributed by atoms with E-state index in [1.165, 1.54) is 6.39 Å². The number of hydrogen-bond donors (Lipinski definition) is 3. The first-order chi connectivity index (χ1) is 17.0. The number of aliphatic hydroxyl groups excluding tert-OH is 1. The van der Waals surface area contributed by atoms with E-state index in [1.807, 2.05) is 36.4 Å². The van der Waals surface area contributed by atoms with E-state index in [4.69, 9.17) is 9.15 Å². The molecule has 0 bridgehead atoms. The Labute approximate surface area is 201 Å². The molecule has 0 fully saturated rings. The van der Waals surface area contributed by atoms with Crippen LogP contribution in [0.4, 0.5) is 17.2 Å². The van der Waals surface area contributed by atoms with Crippen molar-refractivity contribution in [3.63, 3.8) is 0 Å². The van der Waals surface area contributed by atoms with E-state index in [0.717, 1.165) is 22.4 Å². The van der Waals surface area contributed by atoms with Crippen LogP contribution in [-0.4, -0.2) is 39.0 Å². The maximum atomic E-state index is 12.2. The molecule has 4 aromatic rings. The molecule has 0 radical (unpaired) electrons. The van der Waals surface area contributed by atoms with Gasteiger partial charge in [0.1, 0.15) is 11.9 Å². The number of cyclic esters (lactones) is 1. The monoisotopic (exact) mass is 469 g/mol. The van der Waals surface area contributed by atoms with Crippen molar-refractivity contribution in [1.82, 2.24) is 15.2 Å². The molecular weight excluding hydrogens is 446 g/mol. The summed E-state index contributed by atoms with van der Waals surface area (Å²) < 4.78 is 10.7. The normalized spacial score (nSPS) is 15.8. The van der Waals surface area contributed by atoms with Crippen LogP contribution in [0.3, 0.4) is 0 Å². The summed E-state index contributed by atoms with van der Waals surface area (Å²) in [6.45, 7) is 5.74. The van der Waals surface area contributed by atoms with E-state index in [-0.39, 0.29) is 24.7 Å². The maximum absolute atomic E-state index is 12.2. The SMILES string of the molecule is C=C1c2cc(Nc3cc(N[C@H](CO)c4ccccc4)c(-c4nnco4)cn3)ccc2C(=O)OC1C. The number of carbonyl (C=O) groups is 1. The Balaban J connectivity index is 1.48. The number of rotatable bonds is 7. The van der Waals surface area contributed by atoms with Gasteiger partial charge in [0, 0.05) is 18.0 Å². The molecular formula is C26H23N5O4. The summed E-state index contributed by atoms with van der Waals surface area (Å²) in [4.78, 5) is 16.7. The third-order valence-electron chi connectivity index (χ3n) is 5.84. The zero-order valence-corrected chi connectivity index (χ0v) is 18.9. The molecule has 0 saturated heterocycles. The topological polar surface area (TPSA) is 122 Å². The molecule has 1 aliphatic heterocycles. The molecule has 2 aromatic carbocycles. The lowest BCUT2D eigenvalue weighted by Crippen LogP contribution is -2.23. The molecule has 2 aromatic heterocycles. The van der Waals surface area contributed by atoms with Gasteiger partial charge in [-0.25, -0.2) is 9.78 Å². The van der Waals surface area contributed by atoms with E-state index < -0.39 is 0 Å². The lowest BCUT2D eigenvalue weighted by Gasteiger charge is -2.24. The molecule has 0 aliphatic carbocycles. The second-order valence-electron chi connectivity index (χ2n) is 8.11. The Hall–Kier alpha value is -4.50. The maximum Gasteiger partial charge on any atom is 0.339 e. The molecule has 1 unspecified atom stereocenters. The first-order valence-corrected chi connectivity index (χ1v) is 11.0. The summed E-state index contributed by atoms with van der Waals surface area (Å²) >= 11 is 0. The molecule has 0 saturated carbocycles. The number of fused-ring (bicyclic) bond motifs is 1. The molecule has 3 heterocycles. The van der Waals surface area contributed by atoms with Crippen LogP contribution in [0.15, 0.2) is 78.2 Å². The fraction of sp³-hybridized carbons (Fsp3) is 0.154. The highest BCUT2D eigenvalue weighted by Crippen LogP contribution is 2.34. The van der Waals surface area contributed by atoms with Gasteiger partial charge in [-0.2, -0.15) is 0 Å². The lowest BCUT2D eigenvalue weighted by atomic mass is 9.94. The zero-order valence-electron chi connectivity index (χ0n) is 18.9. The van der Waals surface area contributed by atoms with Crippen molar-refractivity contribution in [1.29, 1.82) is 0 Å². The average molecular weight is 470 g/mol. The summed E-state index contributed by atoms with van der Waals surface area (Å²) in [6.07, 6.45) is 2.48. The minimum atomic E-state index is -0.388.